The molecule has 0 saturated heterocycles. The van der Waals surface area contributed by atoms with Gasteiger partial charge in [-0.05, 0) is 24.6 Å². The van der Waals surface area contributed by atoms with Gasteiger partial charge in [0.2, 0.25) is 11.8 Å². The van der Waals surface area contributed by atoms with Crippen LogP contribution >= 0.6 is 11.8 Å². The zero-order chi connectivity index (χ0) is 22.4. The molecular formula is C23H21N3O4S. The number of hydrogen-bond acceptors (Lipinski definition) is 6. The van der Waals surface area contributed by atoms with E-state index in [9.17, 15) is 19.6 Å². The van der Waals surface area contributed by atoms with Crippen molar-refractivity contribution in [3.63, 3.8) is 0 Å². The van der Waals surface area contributed by atoms with E-state index in [4.69, 9.17) is 4.74 Å². The van der Waals surface area contributed by atoms with Crippen molar-refractivity contribution < 1.29 is 19.1 Å². The van der Waals surface area contributed by atoms with Gasteiger partial charge in [0, 0.05) is 11.6 Å². The first-order chi connectivity index (χ1) is 14.9. The molecule has 2 aromatic rings. The molecule has 1 aliphatic rings. The number of aryl methyl sites for hydroxylation is 1. The summed E-state index contributed by atoms with van der Waals surface area (Å²) in [5, 5.41) is 15.5. The van der Waals surface area contributed by atoms with Crippen molar-refractivity contribution in [1.82, 2.24) is 5.32 Å². The molecule has 31 heavy (non-hydrogen) atoms. The number of para-hydroxylation sites is 1. The molecule has 0 fully saturated rings. The van der Waals surface area contributed by atoms with Crippen molar-refractivity contribution in [1.29, 1.82) is 5.26 Å². The van der Waals surface area contributed by atoms with E-state index >= 15 is 0 Å². The van der Waals surface area contributed by atoms with Crippen LogP contribution in [0, 0.1) is 24.2 Å². The lowest BCUT2D eigenvalue weighted by Gasteiger charge is -2.31. The monoisotopic (exact) mass is 435 g/mol. The maximum atomic E-state index is 12.8. The summed E-state index contributed by atoms with van der Waals surface area (Å²) in [4.78, 5) is 37.5. The lowest BCUT2D eigenvalue weighted by molar-refractivity contribution is -0.150. The molecule has 3 rings (SSSR count). The highest BCUT2D eigenvalue weighted by molar-refractivity contribution is 8.03. The molecule has 0 spiro atoms. The topological polar surface area (TPSA) is 108 Å². The highest BCUT2D eigenvalue weighted by Crippen LogP contribution is 2.40. The molecule has 8 heteroatoms. The van der Waals surface area contributed by atoms with E-state index in [0.717, 1.165) is 17.3 Å². The molecule has 2 atom stereocenters. The smallest absolute Gasteiger partial charge is 0.319 e. The van der Waals surface area contributed by atoms with Crippen LogP contribution in [-0.4, -0.2) is 30.6 Å². The zero-order valence-corrected chi connectivity index (χ0v) is 17.9. The molecule has 0 aliphatic carbocycles. The van der Waals surface area contributed by atoms with Crippen LogP contribution in [0.3, 0.4) is 0 Å². The summed E-state index contributed by atoms with van der Waals surface area (Å²) >= 11 is 1.05. The van der Waals surface area contributed by atoms with Crippen LogP contribution in [-0.2, 0) is 19.1 Å². The second-order valence-corrected chi connectivity index (χ2v) is 7.92. The normalized spacial score (nSPS) is 18.0. The summed E-state index contributed by atoms with van der Waals surface area (Å²) in [6, 6.07) is 18.4. The predicted molar refractivity (Wildman–Crippen MR) is 118 cm³/mol. The number of nitriles is 1. The van der Waals surface area contributed by atoms with E-state index in [1.54, 1.807) is 36.4 Å². The number of nitrogens with one attached hydrogen (secondary N) is 2. The number of ether oxygens (including phenoxy) is 1. The minimum absolute atomic E-state index is 0.0147. The van der Waals surface area contributed by atoms with Crippen molar-refractivity contribution in [2.24, 2.45) is 5.92 Å². The fourth-order valence-electron chi connectivity index (χ4n) is 3.31. The molecule has 1 heterocycles. The second-order valence-electron chi connectivity index (χ2n) is 6.94. The Morgan fingerprint density at radius 1 is 1.16 bits per heavy atom. The highest BCUT2D eigenvalue weighted by Gasteiger charge is 2.44. The standard InChI is InChI=1S/C23H21N3O4S/c1-14-8-10-15(11-9-14)19-17(12-24)22(26-21(28)20(19)23(29)30-2)31-13-18(27)25-16-6-4-3-5-7-16/h3-11,19-20H,13H2,1-2H3,(H,25,27)(H,26,28)/t19-,20+/m0/s1. The Kier molecular flexibility index (Phi) is 7.11. The van der Waals surface area contributed by atoms with Crippen LogP contribution in [0.4, 0.5) is 5.69 Å². The van der Waals surface area contributed by atoms with E-state index in [-0.39, 0.29) is 22.3 Å². The number of esters is 1. The molecule has 0 radical (unpaired) electrons. The van der Waals surface area contributed by atoms with Gasteiger partial charge in [0.1, 0.15) is 5.92 Å². The summed E-state index contributed by atoms with van der Waals surface area (Å²) in [5.74, 6) is -3.57. The van der Waals surface area contributed by atoms with Crippen LogP contribution in [0.25, 0.3) is 0 Å². The molecule has 158 valence electrons. The minimum Gasteiger partial charge on any atom is -0.468 e. The largest absolute Gasteiger partial charge is 0.468 e. The number of amides is 2. The minimum atomic E-state index is -1.19. The van der Waals surface area contributed by atoms with Crippen LogP contribution in [0.15, 0.2) is 65.2 Å². The number of rotatable bonds is 6. The van der Waals surface area contributed by atoms with Gasteiger partial charge in [0.25, 0.3) is 0 Å². The van der Waals surface area contributed by atoms with Gasteiger partial charge in [-0.3, -0.25) is 14.4 Å². The number of carbonyl (C=O) groups is 3. The second kappa shape index (κ2) is 9.96. The molecule has 2 amide bonds. The third-order valence-corrected chi connectivity index (χ3v) is 5.84. The van der Waals surface area contributed by atoms with E-state index in [0.29, 0.717) is 11.3 Å². The number of nitrogens with zero attached hydrogens (tertiary/aromatic N) is 1. The van der Waals surface area contributed by atoms with E-state index in [1.165, 1.54) is 7.11 Å². The molecule has 2 aromatic carbocycles. The van der Waals surface area contributed by atoms with Crippen molar-refractivity contribution in [3.8, 4) is 6.07 Å². The van der Waals surface area contributed by atoms with Crippen LogP contribution in [0.5, 0.6) is 0 Å². The third kappa shape index (κ3) is 5.13. The number of methoxy groups -OCH3 is 1. The summed E-state index contributed by atoms with van der Waals surface area (Å²) in [6.07, 6.45) is 0. The van der Waals surface area contributed by atoms with Crippen molar-refractivity contribution in [2.75, 3.05) is 18.2 Å². The number of carbonyl (C=O) groups excluding carboxylic acids is 3. The van der Waals surface area contributed by atoms with Gasteiger partial charge in [0.05, 0.1) is 29.5 Å². The Bertz CT molecular complexity index is 1060. The third-order valence-electron chi connectivity index (χ3n) is 4.83. The number of thioether (sulfide) groups is 1. The number of benzene rings is 2. The van der Waals surface area contributed by atoms with Gasteiger partial charge in [-0.15, -0.1) is 0 Å². The van der Waals surface area contributed by atoms with Crippen LogP contribution in [0.2, 0.25) is 0 Å². The Morgan fingerprint density at radius 3 is 2.45 bits per heavy atom. The van der Waals surface area contributed by atoms with Gasteiger partial charge < -0.3 is 15.4 Å². The number of allylic oxidation sites excluding steroid dienone is 1. The first-order valence-electron chi connectivity index (χ1n) is 9.51. The van der Waals surface area contributed by atoms with Crippen LogP contribution in [0.1, 0.15) is 17.0 Å². The fourth-order valence-corrected chi connectivity index (χ4v) is 4.16. The number of hydrogen-bond donors (Lipinski definition) is 2. The molecular weight excluding hydrogens is 414 g/mol. The molecule has 7 nitrogen and oxygen atoms in total. The molecule has 2 N–H and O–H groups in total. The van der Waals surface area contributed by atoms with Gasteiger partial charge >= 0.3 is 5.97 Å². The fraction of sp³-hybridized carbons (Fsp3) is 0.217. The van der Waals surface area contributed by atoms with Crippen molar-refractivity contribution in [2.45, 2.75) is 12.8 Å². The van der Waals surface area contributed by atoms with Gasteiger partial charge in [-0.1, -0.05) is 59.8 Å². The van der Waals surface area contributed by atoms with E-state index < -0.39 is 23.7 Å². The Labute approximate surface area is 184 Å². The zero-order valence-electron chi connectivity index (χ0n) is 17.0. The van der Waals surface area contributed by atoms with Crippen molar-refractivity contribution in [3.05, 3.63) is 76.3 Å². The quantitative estimate of drug-likeness (QED) is 0.533. The van der Waals surface area contributed by atoms with E-state index in [2.05, 4.69) is 16.7 Å². The van der Waals surface area contributed by atoms with Gasteiger partial charge in [0.15, 0.2) is 0 Å². The molecule has 0 aromatic heterocycles. The average Bonchev–Trinajstić information content (AvgIpc) is 2.78. The predicted octanol–water partition coefficient (Wildman–Crippen LogP) is 3.10. The van der Waals surface area contributed by atoms with Gasteiger partial charge in [-0.25, -0.2) is 0 Å². The lowest BCUT2D eigenvalue weighted by Crippen LogP contribution is -2.44. The van der Waals surface area contributed by atoms with E-state index in [1.807, 2.05) is 25.1 Å². The first-order valence-corrected chi connectivity index (χ1v) is 10.5. The van der Waals surface area contributed by atoms with Gasteiger partial charge in [-0.2, -0.15) is 5.26 Å². The summed E-state index contributed by atoms with van der Waals surface area (Å²) in [7, 11) is 1.20. The van der Waals surface area contributed by atoms with Crippen LogP contribution < -0.4 is 10.6 Å². The maximum absolute atomic E-state index is 12.8. The Balaban J connectivity index is 1.89. The highest BCUT2D eigenvalue weighted by atomic mass is 32.2. The summed E-state index contributed by atoms with van der Waals surface area (Å²) in [6.45, 7) is 1.92. The maximum Gasteiger partial charge on any atom is 0.319 e. The summed E-state index contributed by atoms with van der Waals surface area (Å²) < 4.78 is 4.83. The molecule has 0 saturated carbocycles. The SMILES string of the molecule is COC(=O)[C@H]1C(=O)NC(SCC(=O)Nc2ccccc2)=C(C#N)[C@@H]1c1ccc(C)cc1. The average molecular weight is 436 g/mol. The number of anilines is 1. The van der Waals surface area contributed by atoms with Crippen molar-refractivity contribution >= 4 is 35.2 Å². The molecule has 1 aliphatic heterocycles. The first kappa shape index (κ1) is 22.1. The lowest BCUT2D eigenvalue weighted by atomic mass is 9.78. The molecule has 0 unspecified atom stereocenters. The summed E-state index contributed by atoms with van der Waals surface area (Å²) in [5.41, 5.74) is 2.53. The Hall–Kier alpha value is -3.57. The Morgan fingerprint density at radius 2 is 1.84 bits per heavy atom. The molecule has 0 bridgehead atoms.